The molecule has 1 aliphatic heterocycles. The summed E-state index contributed by atoms with van der Waals surface area (Å²) in [6.45, 7) is 8.05. The normalized spacial score (nSPS) is 14.2. The quantitative estimate of drug-likeness (QED) is 0.871. The van der Waals surface area contributed by atoms with Crippen LogP contribution in [0.1, 0.15) is 31.2 Å². The van der Waals surface area contributed by atoms with Crippen molar-refractivity contribution in [1.82, 2.24) is 25.1 Å². The van der Waals surface area contributed by atoms with E-state index in [1.165, 1.54) is 6.33 Å². The molecule has 0 saturated heterocycles. The van der Waals surface area contributed by atoms with Gasteiger partial charge in [0.15, 0.2) is 5.82 Å². The number of hydrogen-bond donors (Lipinski definition) is 2. The van der Waals surface area contributed by atoms with Crippen molar-refractivity contribution in [3.05, 3.63) is 54.5 Å². The third-order valence-electron chi connectivity index (χ3n) is 3.18. The minimum absolute atomic E-state index is 0.218. The number of hydrogen-bond acceptors (Lipinski definition) is 5. The summed E-state index contributed by atoms with van der Waals surface area (Å²) in [7, 11) is 1.93. The zero-order valence-corrected chi connectivity index (χ0v) is 12.5. The zero-order chi connectivity index (χ0) is 15.4. The lowest BCUT2D eigenvalue weighted by molar-refractivity contribution is 0.588. The molecule has 2 heterocycles. The summed E-state index contributed by atoms with van der Waals surface area (Å²) in [5.74, 6) is 1.16. The van der Waals surface area contributed by atoms with Crippen LogP contribution in [0.3, 0.4) is 0 Å². The molecule has 1 aromatic heterocycles. The smallest absolute Gasteiger partial charge is 0.163 e. The molecule has 0 aliphatic carbocycles. The maximum Gasteiger partial charge on any atom is 0.163 e. The van der Waals surface area contributed by atoms with Crippen molar-refractivity contribution in [1.29, 1.82) is 0 Å². The molecule has 0 fully saturated rings. The molecule has 6 heteroatoms. The number of nitrogens with zero attached hydrogens (tertiary/aromatic N) is 4. The zero-order valence-electron chi connectivity index (χ0n) is 12.5. The van der Waals surface area contributed by atoms with Gasteiger partial charge in [-0.3, -0.25) is 5.10 Å². The first-order chi connectivity index (χ1) is 9.99. The molecule has 0 amide bonds. The number of likely N-dealkylation sites (N-methyl/N-ethyl adjacent to an activating group) is 1. The lowest BCUT2D eigenvalue weighted by atomic mass is 10.1. The van der Waals surface area contributed by atoms with Gasteiger partial charge in [-0.05, 0) is 18.1 Å². The van der Waals surface area contributed by atoms with Gasteiger partial charge >= 0.3 is 0 Å². The molecule has 6 nitrogen and oxygen atoms in total. The van der Waals surface area contributed by atoms with Crippen LogP contribution in [0.5, 0.6) is 0 Å². The van der Waals surface area contributed by atoms with Crippen molar-refractivity contribution in [2.75, 3.05) is 12.8 Å². The number of allylic oxidation sites excluding steroid dienone is 3. The van der Waals surface area contributed by atoms with Gasteiger partial charge in [0, 0.05) is 30.1 Å². The molecule has 21 heavy (non-hydrogen) atoms. The number of rotatable bonds is 2. The highest BCUT2D eigenvalue weighted by atomic mass is 15.1. The van der Waals surface area contributed by atoms with E-state index in [1.807, 2.05) is 44.1 Å². The number of nitrogens with one attached hydrogen (secondary N) is 1. The summed E-state index contributed by atoms with van der Waals surface area (Å²) in [5, 5.41) is 6.80. The second-order valence-electron chi connectivity index (χ2n) is 5.09. The first-order valence-corrected chi connectivity index (χ1v) is 6.70. The molecule has 0 aromatic carbocycles. The van der Waals surface area contributed by atoms with Crippen LogP contribution < -0.4 is 5.73 Å². The molecule has 0 saturated carbocycles. The maximum absolute atomic E-state index is 6.09. The maximum atomic E-state index is 6.09. The van der Waals surface area contributed by atoms with Crippen LogP contribution in [0.2, 0.25) is 0 Å². The van der Waals surface area contributed by atoms with Crippen LogP contribution in [0.4, 0.5) is 5.82 Å². The predicted octanol–water partition coefficient (Wildman–Crippen LogP) is 2.39. The average molecular weight is 284 g/mol. The Hall–Kier alpha value is -2.63. The van der Waals surface area contributed by atoms with E-state index in [2.05, 4.69) is 26.7 Å². The SMILES string of the molecule is C=C1C=C(c2nc[nH]ncc(C(C)C)c(N)n2)C=CN1C. The summed E-state index contributed by atoms with van der Waals surface area (Å²) >= 11 is 0. The topological polar surface area (TPSA) is 83.7 Å². The van der Waals surface area contributed by atoms with Gasteiger partial charge in [0.2, 0.25) is 0 Å². The van der Waals surface area contributed by atoms with Gasteiger partial charge in [-0.2, -0.15) is 5.10 Å². The summed E-state index contributed by atoms with van der Waals surface area (Å²) in [5.41, 5.74) is 8.67. The number of nitrogens with two attached hydrogens (primary N) is 1. The third kappa shape index (κ3) is 3.47. The van der Waals surface area contributed by atoms with Crippen molar-refractivity contribution in [2.24, 2.45) is 0 Å². The van der Waals surface area contributed by atoms with Crippen molar-refractivity contribution < 1.29 is 0 Å². The van der Waals surface area contributed by atoms with Gasteiger partial charge in [-0.1, -0.05) is 20.4 Å². The summed E-state index contributed by atoms with van der Waals surface area (Å²) in [6, 6.07) is 0. The Labute approximate surface area is 124 Å². The van der Waals surface area contributed by atoms with E-state index in [4.69, 9.17) is 5.73 Å². The van der Waals surface area contributed by atoms with Crippen LogP contribution in [-0.4, -0.2) is 32.1 Å². The van der Waals surface area contributed by atoms with Gasteiger partial charge in [-0.15, -0.1) is 0 Å². The van der Waals surface area contributed by atoms with E-state index >= 15 is 0 Å². The molecule has 1 aromatic rings. The number of anilines is 1. The highest BCUT2D eigenvalue weighted by Crippen LogP contribution is 2.22. The Kier molecular flexibility index (Phi) is 4.37. The molecule has 0 spiro atoms. The molecular formula is C15H20N6. The van der Waals surface area contributed by atoms with Gasteiger partial charge in [0.1, 0.15) is 12.1 Å². The Morgan fingerprint density at radius 2 is 2.14 bits per heavy atom. The van der Waals surface area contributed by atoms with E-state index in [-0.39, 0.29) is 5.92 Å². The third-order valence-corrected chi connectivity index (χ3v) is 3.18. The van der Waals surface area contributed by atoms with Crippen LogP contribution in [0, 0.1) is 0 Å². The van der Waals surface area contributed by atoms with Crippen molar-refractivity contribution in [3.8, 4) is 0 Å². The highest BCUT2D eigenvalue weighted by Gasteiger charge is 2.10. The lowest BCUT2D eigenvalue weighted by Gasteiger charge is -2.18. The second kappa shape index (κ2) is 6.21. The summed E-state index contributed by atoms with van der Waals surface area (Å²) in [6.07, 6.45) is 8.91. The van der Waals surface area contributed by atoms with Gasteiger partial charge in [0.05, 0.1) is 6.20 Å². The summed E-state index contributed by atoms with van der Waals surface area (Å²) in [4.78, 5) is 10.6. The molecule has 0 unspecified atom stereocenters. The minimum Gasteiger partial charge on any atom is -0.383 e. The minimum atomic E-state index is 0.218. The Balaban J connectivity index is 2.58. The Morgan fingerprint density at radius 3 is 2.81 bits per heavy atom. The van der Waals surface area contributed by atoms with E-state index in [9.17, 15) is 0 Å². The largest absolute Gasteiger partial charge is 0.383 e. The van der Waals surface area contributed by atoms with E-state index in [1.54, 1.807) is 6.20 Å². The predicted molar refractivity (Wildman–Crippen MR) is 84.3 cm³/mol. The molecule has 0 bridgehead atoms. The molecule has 3 N–H and O–H groups in total. The van der Waals surface area contributed by atoms with Gasteiger partial charge < -0.3 is 10.6 Å². The van der Waals surface area contributed by atoms with E-state index in [0.717, 1.165) is 16.8 Å². The fraction of sp³-hybridized carbons (Fsp3) is 0.267. The average Bonchev–Trinajstić information content (AvgIpc) is 2.52. The first kappa shape index (κ1) is 14.8. The molecule has 2 rings (SSSR count). The lowest BCUT2D eigenvalue weighted by Crippen LogP contribution is -2.11. The van der Waals surface area contributed by atoms with Crippen LogP contribution in [-0.2, 0) is 0 Å². The molecule has 0 radical (unpaired) electrons. The first-order valence-electron chi connectivity index (χ1n) is 6.70. The molecule has 110 valence electrons. The number of H-pyrrole nitrogens is 1. The standard InChI is InChI=1S/C15H20N6/c1-10(2)13-8-18-19-9-17-15(20-14(13)16)12-5-6-21(4)11(3)7-12/h5-10H,3,16H2,1-2,4H3,(H,17,19,20). The fourth-order valence-corrected chi connectivity index (χ4v) is 1.84. The molecular weight excluding hydrogens is 264 g/mol. The summed E-state index contributed by atoms with van der Waals surface area (Å²) < 4.78 is 0. The second-order valence-corrected chi connectivity index (χ2v) is 5.09. The Bertz CT molecular complexity index is 652. The van der Waals surface area contributed by atoms with E-state index < -0.39 is 0 Å². The highest BCUT2D eigenvalue weighted by molar-refractivity contribution is 5.73. The van der Waals surface area contributed by atoms with Crippen LogP contribution in [0.15, 0.2) is 43.2 Å². The van der Waals surface area contributed by atoms with Crippen molar-refractivity contribution in [3.63, 3.8) is 0 Å². The van der Waals surface area contributed by atoms with Crippen molar-refractivity contribution >= 4 is 11.4 Å². The number of aromatic amines is 1. The molecule has 0 atom stereocenters. The van der Waals surface area contributed by atoms with Crippen LogP contribution >= 0.6 is 0 Å². The number of aromatic nitrogens is 4. The number of nitrogen functional groups attached to an aromatic ring is 1. The Morgan fingerprint density at radius 1 is 1.38 bits per heavy atom. The van der Waals surface area contributed by atoms with E-state index in [0.29, 0.717) is 11.6 Å². The van der Waals surface area contributed by atoms with Gasteiger partial charge in [-0.25, -0.2) is 9.97 Å². The van der Waals surface area contributed by atoms with Crippen molar-refractivity contribution in [2.45, 2.75) is 19.8 Å². The monoisotopic (exact) mass is 284 g/mol. The fourth-order valence-electron chi connectivity index (χ4n) is 1.84. The van der Waals surface area contributed by atoms with Gasteiger partial charge in [0.25, 0.3) is 0 Å². The molecule has 1 aliphatic rings. The van der Waals surface area contributed by atoms with Crippen LogP contribution in [0.25, 0.3) is 5.57 Å².